The summed E-state index contributed by atoms with van der Waals surface area (Å²) in [6.45, 7) is 4.15. The molecule has 0 saturated heterocycles. The van der Waals surface area contributed by atoms with Gasteiger partial charge in [-0.2, -0.15) is 5.26 Å². The van der Waals surface area contributed by atoms with Gasteiger partial charge in [-0.3, -0.25) is 0 Å². The van der Waals surface area contributed by atoms with Crippen LogP contribution < -0.4 is 0 Å². The minimum atomic E-state index is 0.428. The maximum atomic E-state index is 8.61. The average molecular weight is 171 g/mol. The first-order valence-corrected chi connectivity index (χ1v) is 4.41. The largest absolute Gasteiger partial charge is 0.192 e. The predicted molar refractivity (Wildman–Crippen MR) is 54.4 cm³/mol. The summed E-state index contributed by atoms with van der Waals surface area (Å²) in [5.41, 5.74) is 1.97. The maximum Gasteiger partial charge on any atom is 0.0991 e. The summed E-state index contributed by atoms with van der Waals surface area (Å²) in [6, 6.07) is 9.83. The van der Waals surface area contributed by atoms with E-state index in [-0.39, 0.29) is 0 Å². The zero-order valence-corrected chi connectivity index (χ0v) is 7.99. The van der Waals surface area contributed by atoms with E-state index in [2.05, 4.69) is 19.1 Å². The minimum absolute atomic E-state index is 0.428. The SMILES string of the molecule is C/C=C/C(C)c1ccc(C#N)cc1. The van der Waals surface area contributed by atoms with Gasteiger partial charge in [0.25, 0.3) is 0 Å². The van der Waals surface area contributed by atoms with E-state index in [1.165, 1.54) is 5.56 Å². The first-order chi connectivity index (χ1) is 6.27. The second-order valence-electron chi connectivity index (χ2n) is 3.05. The molecule has 1 aromatic rings. The molecular formula is C12H13N. The smallest absolute Gasteiger partial charge is 0.0991 e. The lowest BCUT2D eigenvalue weighted by Crippen LogP contribution is -1.88. The Bertz CT molecular complexity index is 327. The summed E-state index contributed by atoms with van der Waals surface area (Å²) >= 11 is 0. The van der Waals surface area contributed by atoms with Gasteiger partial charge in [-0.1, -0.05) is 31.2 Å². The van der Waals surface area contributed by atoms with Gasteiger partial charge in [-0.15, -0.1) is 0 Å². The Morgan fingerprint density at radius 1 is 1.31 bits per heavy atom. The van der Waals surface area contributed by atoms with Crippen LogP contribution in [0, 0.1) is 11.3 Å². The molecule has 0 amide bonds. The van der Waals surface area contributed by atoms with E-state index < -0.39 is 0 Å². The summed E-state index contributed by atoms with van der Waals surface area (Å²) < 4.78 is 0. The predicted octanol–water partition coefficient (Wildman–Crippen LogP) is 3.24. The van der Waals surface area contributed by atoms with Gasteiger partial charge in [-0.05, 0) is 30.5 Å². The summed E-state index contributed by atoms with van der Waals surface area (Å²) in [7, 11) is 0. The van der Waals surface area contributed by atoms with Crippen molar-refractivity contribution in [3.8, 4) is 6.07 Å². The molecule has 0 heterocycles. The standard InChI is InChI=1S/C12H13N/c1-3-4-10(2)12-7-5-11(9-13)6-8-12/h3-8,10H,1-2H3/b4-3+. The monoisotopic (exact) mass is 171 g/mol. The maximum absolute atomic E-state index is 8.61. The molecule has 0 spiro atoms. The lowest BCUT2D eigenvalue weighted by molar-refractivity contribution is 0.965. The van der Waals surface area contributed by atoms with E-state index in [9.17, 15) is 0 Å². The molecule has 13 heavy (non-hydrogen) atoms. The van der Waals surface area contributed by atoms with Crippen LogP contribution in [0.1, 0.15) is 30.9 Å². The van der Waals surface area contributed by atoms with Crippen molar-refractivity contribution in [1.29, 1.82) is 5.26 Å². The zero-order chi connectivity index (χ0) is 9.68. The van der Waals surface area contributed by atoms with Crippen molar-refractivity contribution < 1.29 is 0 Å². The van der Waals surface area contributed by atoms with Crippen LogP contribution >= 0.6 is 0 Å². The fraction of sp³-hybridized carbons (Fsp3) is 0.250. The van der Waals surface area contributed by atoms with Crippen LogP contribution in [0.25, 0.3) is 0 Å². The molecule has 1 nitrogen and oxygen atoms in total. The van der Waals surface area contributed by atoms with Gasteiger partial charge in [0.1, 0.15) is 0 Å². The zero-order valence-electron chi connectivity index (χ0n) is 7.99. The Morgan fingerprint density at radius 3 is 2.38 bits per heavy atom. The van der Waals surface area contributed by atoms with E-state index in [4.69, 9.17) is 5.26 Å². The molecular weight excluding hydrogens is 158 g/mol. The van der Waals surface area contributed by atoms with E-state index in [1.54, 1.807) is 0 Å². The summed E-state index contributed by atoms with van der Waals surface area (Å²) in [4.78, 5) is 0. The van der Waals surface area contributed by atoms with Crippen LogP contribution in [0.2, 0.25) is 0 Å². The van der Waals surface area contributed by atoms with Gasteiger partial charge < -0.3 is 0 Å². The van der Waals surface area contributed by atoms with Crippen LogP contribution in [0.4, 0.5) is 0 Å². The molecule has 0 aliphatic rings. The molecule has 0 aliphatic heterocycles. The Balaban J connectivity index is 2.87. The first kappa shape index (κ1) is 9.54. The van der Waals surface area contributed by atoms with Crippen molar-refractivity contribution in [3.05, 3.63) is 47.5 Å². The Morgan fingerprint density at radius 2 is 1.92 bits per heavy atom. The van der Waals surface area contributed by atoms with Crippen LogP contribution in [0.15, 0.2) is 36.4 Å². The Hall–Kier alpha value is -1.55. The molecule has 1 atom stereocenters. The van der Waals surface area contributed by atoms with E-state index in [0.717, 1.165) is 5.56 Å². The van der Waals surface area contributed by atoms with Gasteiger partial charge >= 0.3 is 0 Å². The van der Waals surface area contributed by atoms with Crippen LogP contribution in [-0.4, -0.2) is 0 Å². The highest BCUT2D eigenvalue weighted by atomic mass is 14.2. The molecule has 0 aromatic heterocycles. The third-order valence-electron chi connectivity index (χ3n) is 2.05. The summed E-state index contributed by atoms with van der Waals surface area (Å²) in [5.74, 6) is 0.428. The summed E-state index contributed by atoms with van der Waals surface area (Å²) in [5, 5.41) is 8.61. The van der Waals surface area contributed by atoms with E-state index in [0.29, 0.717) is 5.92 Å². The third-order valence-corrected chi connectivity index (χ3v) is 2.05. The van der Waals surface area contributed by atoms with Crippen molar-refractivity contribution >= 4 is 0 Å². The molecule has 0 saturated carbocycles. The molecule has 0 aliphatic carbocycles. The van der Waals surface area contributed by atoms with Crippen LogP contribution in [0.3, 0.4) is 0 Å². The molecule has 0 radical (unpaired) electrons. The Kier molecular flexibility index (Phi) is 3.28. The lowest BCUT2D eigenvalue weighted by atomic mass is 10.00. The number of rotatable bonds is 2. The van der Waals surface area contributed by atoms with Gasteiger partial charge in [-0.25, -0.2) is 0 Å². The number of benzene rings is 1. The highest BCUT2D eigenvalue weighted by Gasteiger charge is 1.99. The van der Waals surface area contributed by atoms with Crippen LogP contribution in [0.5, 0.6) is 0 Å². The number of hydrogen-bond acceptors (Lipinski definition) is 1. The molecule has 1 rings (SSSR count). The fourth-order valence-electron chi connectivity index (χ4n) is 1.26. The second-order valence-corrected chi connectivity index (χ2v) is 3.05. The highest BCUT2D eigenvalue weighted by molar-refractivity contribution is 5.33. The molecule has 0 N–H and O–H groups in total. The van der Waals surface area contributed by atoms with Gasteiger partial charge in [0.15, 0.2) is 0 Å². The number of nitriles is 1. The number of allylic oxidation sites excluding steroid dienone is 2. The normalized spacial score (nSPS) is 12.7. The second kappa shape index (κ2) is 4.47. The van der Waals surface area contributed by atoms with E-state index in [1.807, 2.05) is 37.3 Å². The molecule has 66 valence electrons. The number of hydrogen-bond donors (Lipinski definition) is 0. The minimum Gasteiger partial charge on any atom is -0.192 e. The topological polar surface area (TPSA) is 23.8 Å². The fourth-order valence-corrected chi connectivity index (χ4v) is 1.26. The van der Waals surface area contributed by atoms with Gasteiger partial charge in [0, 0.05) is 0 Å². The van der Waals surface area contributed by atoms with Gasteiger partial charge in [0.2, 0.25) is 0 Å². The van der Waals surface area contributed by atoms with Crippen molar-refractivity contribution in [2.75, 3.05) is 0 Å². The highest BCUT2D eigenvalue weighted by Crippen LogP contribution is 2.16. The van der Waals surface area contributed by atoms with Gasteiger partial charge in [0.05, 0.1) is 11.6 Å². The Labute approximate surface area is 79.3 Å². The van der Waals surface area contributed by atoms with Crippen molar-refractivity contribution in [2.24, 2.45) is 0 Å². The first-order valence-electron chi connectivity index (χ1n) is 4.41. The molecule has 0 fully saturated rings. The molecule has 1 unspecified atom stereocenters. The number of nitrogens with zero attached hydrogens (tertiary/aromatic N) is 1. The average Bonchev–Trinajstić information content (AvgIpc) is 2.18. The van der Waals surface area contributed by atoms with Crippen molar-refractivity contribution in [3.63, 3.8) is 0 Å². The van der Waals surface area contributed by atoms with E-state index >= 15 is 0 Å². The lowest BCUT2D eigenvalue weighted by Gasteiger charge is -2.05. The summed E-state index contributed by atoms with van der Waals surface area (Å²) in [6.07, 6.45) is 4.18. The quantitative estimate of drug-likeness (QED) is 0.627. The third kappa shape index (κ3) is 2.45. The molecule has 1 aromatic carbocycles. The molecule has 0 bridgehead atoms. The van der Waals surface area contributed by atoms with Crippen LogP contribution in [-0.2, 0) is 0 Å². The van der Waals surface area contributed by atoms with Crippen molar-refractivity contribution in [2.45, 2.75) is 19.8 Å². The van der Waals surface area contributed by atoms with Crippen molar-refractivity contribution in [1.82, 2.24) is 0 Å². The molecule has 1 heteroatoms.